The SMILES string of the molecule is CCOC(=O)Oc1sccc1NS(=O)(=O)c1nc2nc(C)cc(C)n2n1. The van der Waals surface area contributed by atoms with Crippen LogP contribution in [-0.2, 0) is 14.8 Å². The van der Waals surface area contributed by atoms with Crippen LogP contribution in [0.5, 0.6) is 5.06 Å². The van der Waals surface area contributed by atoms with Gasteiger partial charge in [0.15, 0.2) is 0 Å². The van der Waals surface area contributed by atoms with Crippen molar-refractivity contribution in [3.63, 3.8) is 0 Å². The second kappa shape index (κ2) is 6.88. The summed E-state index contributed by atoms with van der Waals surface area (Å²) in [6.45, 7) is 5.32. The van der Waals surface area contributed by atoms with Gasteiger partial charge in [0, 0.05) is 11.4 Å². The summed E-state index contributed by atoms with van der Waals surface area (Å²) in [5.41, 5.74) is 1.48. The Bertz CT molecular complexity index is 1070. The Morgan fingerprint density at radius 1 is 1.35 bits per heavy atom. The zero-order valence-electron chi connectivity index (χ0n) is 14.1. The minimum Gasteiger partial charge on any atom is -0.434 e. The van der Waals surface area contributed by atoms with Crippen LogP contribution in [0.3, 0.4) is 0 Å². The highest BCUT2D eigenvalue weighted by atomic mass is 32.2. The van der Waals surface area contributed by atoms with E-state index in [0.717, 1.165) is 11.3 Å². The van der Waals surface area contributed by atoms with Gasteiger partial charge in [0.2, 0.25) is 5.06 Å². The van der Waals surface area contributed by atoms with Crippen LogP contribution in [0, 0.1) is 13.8 Å². The topological polar surface area (TPSA) is 125 Å². The van der Waals surface area contributed by atoms with Crippen LogP contribution >= 0.6 is 11.3 Å². The largest absolute Gasteiger partial charge is 0.514 e. The lowest BCUT2D eigenvalue weighted by Crippen LogP contribution is -2.16. The summed E-state index contributed by atoms with van der Waals surface area (Å²) in [6, 6.07) is 3.22. The van der Waals surface area contributed by atoms with Crippen molar-refractivity contribution in [3.05, 3.63) is 28.9 Å². The van der Waals surface area contributed by atoms with Gasteiger partial charge in [0.1, 0.15) is 5.69 Å². The van der Waals surface area contributed by atoms with Gasteiger partial charge in [-0.1, -0.05) is 0 Å². The lowest BCUT2D eigenvalue weighted by molar-refractivity contribution is 0.106. The number of hydrogen-bond donors (Lipinski definition) is 1. The van der Waals surface area contributed by atoms with Crippen molar-refractivity contribution in [1.82, 2.24) is 19.6 Å². The minimum absolute atomic E-state index is 0.0564. The number of nitrogens with one attached hydrogen (secondary N) is 1. The Morgan fingerprint density at radius 2 is 2.12 bits per heavy atom. The molecule has 3 heterocycles. The molecule has 0 radical (unpaired) electrons. The van der Waals surface area contributed by atoms with Crippen LogP contribution in [0.15, 0.2) is 22.7 Å². The number of sulfonamides is 1. The number of carbonyl (C=O) groups is 1. The Hall–Kier alpha value is -2.73. The molecule has 0 unspecified atom stereocenters. The molecule has 3 aromatic rings. The highest BCUT2D eigenvalue weighted by Crippen LogP contribution is 2.33. The normalized spacial score (nSPS) is 11.5. The zero-order chi connectivity index (χ0) is 18.9. The molecule has 0 saturated heterocycles. The average molecular weight is 397 g/mol. The number of aromatic nitrogens is 4. The maximum atomic E-state index is 12.6. The molecule has 0 aromatic carbocycles. The van der Waals surface area contributed by atoms with Crippen LogP contribution in [-0.4, -0.2) is 40.8 Å². The third-order valence-electron chi connectivity index (χ3n) is 3.15. The van der Waals surface area contributed by atoms with Gasteiger partial charge in [0.05, 0.1) is 6.61 Å². The van der Waals surface area contributed by atoms with Gasteiger partial charge < -0.3 is 9.47 Å². The van der Waals surface area contributed by atoms with Crippen LogP contribution in [0.1, 0.15) is 18.3 Å². The first-order chi connectivity index (χ1) is 12.3. The van der Waals surface area contributed by atoms with Crippen molar-refractivity contribution < 1.29 is 22.7 Å². The Balaban J connectivity index is 1.90. The summed E-state index contributed by atoms with van der Waals surface area (Å²) in [5, 5.41) is 5.18. The first-order valence-electron chi connectivity index (χ1n) is 7.46. The van der Waals surface area contributed by atoms with Gasteiger partial charge >= 0.3 is 6.16 Å². The summed E-state index contributed by atoms with van der Waals surface area (Å²) in [5.74, 6) is 0.177. The second-order valence-electron chi connectivity index (χ2n) is 5.16. The van der Waals surface area contributed by atoms with E-state index in [1.807, 2.05) is 0 Å². The molecule has 3 aromatic heterocycles. The standard InChI is InChI=1S/C14H15N5O5S2/c1-4-23-14(20)24-11-10(5-6-25-11)18-26(21,22)13-16-12-15-8(2)7-9(3)19(12)17-13/h5-7,18H,4H2,1-3H3. The smallest absolute Gasteiger partial charge is 0.434 e. The van der Waals surface area contributed by atoms with Crippen molar-refractivity contribution in [2.75, 3.05) is 11.3 Å². The molecule has 26 heavy (non-hydrogen) atoms. The van der Waals surface area contributed by atoms with Crippen molar-refractivity contribution in [3.8, 4) is 5.06 Å². The molecular weight excluding hydrogens is 382 g/mol. The Kier molecular flexibility index (Phi) is 4.78. The number of aryl methyl sites for hydroxylation is 2. The van der Waals surface area contributed by atoms with Gasteiger partial charge in [-0.05, 0) is 38.3 Å². The molecule has 10 nitrogen and oxygen atoms in total. The fraction of sp³-hybridized carbons (Fsp3) is 0.286. The van der Waals surface area contributed by atoms with E-state index in [0.29, 0.717) is 11.4 Å². The van der Waals surface area contributed by atoms with Gasteiger partial charge in [-0.25, -0.2) is 14.3 Å². The third kappa shape index (κ3) is 3.60. The van der Waals surface area contributed by atoms with E-state index in [1.165, 1.54) is 10.6 Å². The maximum absolute atomic E-state index is 12.6. The molecule has 12 heteroatoms. The van der Waals surface area contributed by atoms with E-state index in [4.69, 9.17) is 4.74 Å². The van der Waals surface area contributed by atoms with Gasteiger partial charge in [-0.3, -0.25) is 4.72 Å². The highest BCUT2D eigenvalue weighted by molar-refractivity contribution is 7.92. The van der Waals surface area contributed by atoms with Gasteiger partial charge in [-0.15, -0.1) is 16.4 Å². The van der Waals surface area contributed by atoms with E-state index in [1.54, 1.807) is 32.2 Å². The quantitative estimate of drug-likeness (QED) is 0.649. The Labute approximate surface area is 152 Å². The van der Waals surface area contributed by atoms with E-state index in [2.05, 4.69) is 24.5 Å². The summed E-state index contributed by atoms with van der Waals surface area (Å²) in [6.07, 6.45) is -0.920. The lowest BCUT2D eigenvalue weighted by atomic mass is 10.4. The molecule has 0 fully saturated rings. The highest BCUT2D eigenvalue weighted by Gasteiger charge is 2.24. The summed E-state index contributed by atoms with van der Waals surface area (Å²) in [7, 11) is -4.10. The predicted octanol–water partition coefficient (Wildman–Crippen LogP) is 2.14. The number of rotatable bonds is 5. The number of thiophene rings is 1. The van der Waals surface area contributed by atoms with Crippen molar-refractivity contribution in [2.45, 2.75) is 25.9 Å². The third-order valence-corrected chi connectivity index (χ3v) is 5.08. The molecule has 0 bridgehead atoms. The fourth-order valence-electron chi connectivity index (χ4n) is 2.13. The molecule has 0 spiro atoms. The summed E-state index contributed by atoms with van der Waals surface area (Å²) in [4.78, 5) is 19.6. The first kappa shape index (κ1) is 18.1. The van der Waals surface area contributed by atoms with Gasteiger partial charge in [0.25, 0.3) is 21.0 Å². The zero-order valence-corrected chi connectivity index (χ0v) is 15.7. The van der Waals surface area contributed by atoms with Crippen LogP contribution in [0.2, 0.25) is 0 Å². The molecular formula is C14H15N5O5S2. The summed E-state index contributed by atoms with van der Waals surface area (Å²) >= 11 is 1.04. The monoisotopic (exact) mass is 397 g/mol. The number of nitrogens with zero attached hydrogens (tertiary/aromatic N) is 4. The van der Waals surface area contributed by atoms with Crippen molar-refractivity contribution >= 4 is 39.0 Å². The number of ether oxygens (including phenoxy) is 2. The van der Waals surface area contributed by atoms with Crippen LogP contribution in [0.4, 0.5) is 10.5 Å². The van der Waals surface area contributed by atoms with E-state index < -0.39 is 21.3 Å². The molecule has 0 aliphatic carbocycles. The molecule has 0 saturated carbocycles. The number of anilines is 1. The lowest BCUT2D eigenvalue weighted by Gasteiger charge is -2.06. The predicted molar refractivity (Wildman–Crippen MR) is 93.0 cm³/mol. The average Bonchev–Trinajstić information content (AvgIpc) is 3.15. The number of carbonyl (C=O) groups excluding carboxylic acids is 1. The van der Waals surface area contributed by atoms with Crippen molar-refractivity contribution in [1.29, 1.82) is 0 Å². The van der Waals surface area contributed by atoms with E-state index in [9.17, 15) is 13.2 Å². The first-order valence-corrected chi connectivity index (χ1v) is 9.82. The molecule has 1 N–H and O–H groups in total. The van der Waals surface area contributed by atoms with E-state index >= 15 is 0 Å². The molecule has 0 aliphatic heterocycles. The van der Waals surface area contributed by atoms with Crippen LogP contribution < -0.4 is 9.46 Å². The second-order valence-corrected chi connectivity index (χ2v) is 7.61. The van der Waals surface area contributed by atoms with Crippen molar-refractivity contribution in [2.24, 2.45) is 0 Å². The van der Waals surface area contributed by atoms with Gasteiger partial charge in [-0.2, -0.15) is 13.4 Å². The minimum atomic E-state index is -4.10. The number of fused-ring (bicyclic) bond motifs is 1. The van der Waals surface area contributed by atoms with Crippen LogP contribution in [0.25, 0.3) is 5.78 Å². The maximum Gasteiger partial charge on any atom is 0.514 e. The molecule has 0 atom stereocenters. The Morgan fingerprint density at radius 3 is 2.85 bits per heavy atom. The fourth-order valence-corrected chi connectivity index (χ4v) is 3.81. The summed E-state index contributed by atoms with van der Waals surface area (Å²) < 4.78 is 38.5. The molecule has 0 amide bonds. The molecule has 138 valence electrons. The number of hydrogen-bond acceptors (Lipinski definition) is 9. The van der Waals surface area contributed by atoms with E-state index in [-0.39, 0.29) is 23.1 Å². The molecule has 0 aliphatic rings. The molecule has 3 rings (SSSR count).